The molecule has 32 heavy (non-hydrogen) atoms. The zero-order chi connectivity index (χ0) is 23.5. The summed E-state index contributed by atoms with van der Waals surface area (Å²) in [5, 5.41) is 0. The highest BCUT2D eigenvalue weighted by molar-refractivity contribution is 5.97. The molecule has 0 fully saturated rings. The molecule has 0 saturated heterocycles. The molecule has 3 aromatic rings. The number of amides is 1. The van der Waals surface area contributed by atoms with Crippen LogP contribution in [-0.2, 0) is 17.4 Å². The van der Waals surface area contributed by atoms with Gasteiger partial charge in [0.1, 0.15) is 17.6 Å². The standard InChI is InChI=1S/C24H23F4N3O/c1-15-3-9-20(13-16(15)2)31(23(32)22(29)18-5-7-19(25)8-6-18)12-11-17-4-10-21(30-14-17)24(26,27)28/h3-10,13-14,22H,11-12,29H2,1-2H3/t22-/m0/s1. The lowest BCUT2D eigenvalue weighted by molar-refractivity contribution is -0.141. The first-order valence-corrected chi connectivity index (χ1v) is 9.98. The fourth-order valence-corrected chi connectivity index (χ4v) is 3.22. The van der Waals surface area contributed by atoms with Crippen molar-refractivity contribution in [3.05, 3.63) is 94.6 Å². The van der Waals surface area contributed by atoms with E-state index in [1.54, 1.807) is 6.07 Å². The van der Waals surface area contributed by atoms with E-state index in [-0.39, 0.29) is 13.0 Å². The van der Waals surface area contributed by atoms with Gasteiger partial charge in [-0.15, -0.1) is 0 Å². The van der Waals surface area contributed by atoms with Crippen molar-refractivity contribution >= 4 is 11.6 Å². The second kappa shape index (κ2) is 9.48. The van der Waals surface area contributed by atoms with Crippen molar-refractivity contribution in [2.24, 2.45) is 5.73 Å². The van der Waals surface area contributed by atoms with Crippen molar-refractivity contribution in [3.63, 3.8) is 0 Å². The van der Waals surface area contributed by atoms with Crippen LogP contribution in [0.25, 0.3) is 0 Å². The summed E-state index contributed by atoms with van der Waals surface area (Å²) in [5.41, 5.74) is 8.87. The average Bonchev–Trinajstić information content (AvgIpc) is 2.76. The van der Waals surface area contributed by atoms with Gasteiger partial charge in [-0.2, -0.15) is 13.2 Å². The highest BCUT2D eigenvalue weighted by Gasteiger charge is 2.32. The molecular formula is C24H23F4N3O. The molecule has 1 heterocycles. The zero-order valence-electron chi connectivity index (χ0n) is 17.7. The average molecular weight is 445 g/mol. The number of hydrogen-bond acceptors (Lipinski definition) is 3. The number of halogens is 4. The topological polar surface area (TPSA) is 59.2 Å². The Bertz CT molecular complexity index is 1080. The van der Waals surface area contributed by atoms with Crippen LogP contribution < -0.4 is 10.6 Å². The summed E-state index contributed by atoms with van der Waals surface area (Å²) in [6.07, 6.45) is -3.08. The molecule has 0 saturated carbocycles. The van der Waals surface area contributed by atoms with E-state index in [1.165, 1.54) is 35.2 Å². The van der Waals surface area contributed by atoms with Crippen LogP contribution in [0, 0.1) is 19.7 Å². The molecule has 2 N–H and O–H groups in total. The summed E-state index contributed by atoms with van der Waals surface area (Å²) in [4.78, 5) is 18.2. The molecule has 0 unspecified atom stereocenters. The molecular weight excluding hydrogens is 422 g/mol. The number of benzene rings is 2. The van der Waals surface area contributed by atoms with Gasteiger partial charge >= 0.3 is 6.18 Å². The Balaban J connectivity index is 1.86. The number of rotatable bonds is 6. The smallest absolute Gasteiger partial charge is 0.316 e. The van der Waals surface area contributed by atoms with Crippen LogP contribution in [0.5, 0.6) is 0 Å². The summed E-state index contributed by atoms with van der Waals surface area (Å²) < 4.78 is 51.5. The van der Waals surface area contributed by atoms with Gasteiger partial charge in [0.25, 0.3) is 0 Å². The molecule has 1 amide bonds. The van der Waals surface area contributed by atoms with Gasteiger partial charge in [0, 0.05) is 18.4 Å². The fourth-order valence-electron chi connectivity index (χ4n) is 3.22. The molecule has 168 valence electrons. The Morgan fingerprint density at radius 1 is 1.03 bits per heavy atom. The van der Waals surface area contributed by atoms with Gasteiger partial charge in [0.15, 0.2) is 0 Å². The van der Waals surface area contributed by atoms with Gasteiger partial charge in [-0.05, 0) is 72.9 Å². The summed E-state index contributed by atoms with van der Waals surface area (Å²) >= 11 is 0. The molecule has 0 aliphatic heterocycles. The molecule has 0 bridgehead atoms. The highest BCUT2D eigenvalue weighted by Crippen LogP contribution is 2.28. The number of hydrogen-bond donors (Lipinski definition) is 1. The highest BCUT2D eigenvalue weighted by atomic mass is 19.4. The van der Waals surface area contributed by atoms with E-state index in [4.69, 9.17) is 5.73 Å². The maximum Gasteiger partial charge on any atom is 0.433 e. The second-order valence-corrected chi connectivity index (χ2v) is 7.59. The summed E-state index contributed by atoms with van der Waals surface area (Å²) in [6, 6.07) is 12.1. The van der Waals surface area contributed by atoms with Crippen molar-refractivity contribution in [3.8, 4) is 0 Å². The maximum atomic E-state index is 13.3. The molecule has 3 rings (SSSR count). The molecule has 1 atom stereocenters. The second-order valence-electron chi connectivity index (χ2n) is 7.59. The third-order valence-electron chi connectivity index (χ3n) is 5.30. The minimum absolute atomic E-state index is 0.184. The molecule has 0 aliphatic carbocycles. The van der Waals surface area contributed by atoms with Gasteiger partial charge in [-0.25, -0.2) is 4.39 Å². The minimum atomic E-state index is -4.51. The number of carbonyl (C=O) groups is 1. The van der Waals surface area contributed by atoms with Crippen molar-refractivity contribution in [2.45, 2.75) is 32.5 Å². The molecule has 8 heteroatoms. The summed E-state index contributed by atoms with van der Waals surface area (Å²) in [5.74, 6) is -0.839. The lowest BCUT2D eigenvalue weighted by atomic mass is 10.0. The number of anilines is 1. The first kappa shape index (κ1) is 23.4. The number of nitrogens with two attached hydrogens (primary N) is 1. The predicted molar refractivity (Wildman–Crippen MR) is 115 cm³/mol. The van der Waals surface area contributed by atoms with Crippen molar-refractivity contribution in [1.29, 1.82) is 0 Å². The SMILES string of the molecule is Cc1ccc(N(CCc2ccc(C(F)(F)F)nc2)C(=O)[C@@H](N)c2ccc(F)cc2)cc1C. The van der Waals surface area contributed by atoms with Crippen LogP contribution >= 0.6 is 0 Å². The Kier molecular flexibility index (Phi) is 6.93. The molecule has 0 radical (unpaired) electrons. The number of aromatic nitrogens is 1. The number of alkyl halides is 3. The molecule has 0 aliphatic rings. The fraction of sp³-hybridized carbons (Fsp3) is 0.250. The Labute approximate surface area is 183 Å². The lowest BCUT2D eigenvalue weighted by Crippen LogP contribution is -2.40. The van der Waals surface area contributed by atoms with Crippen molar-refractivity contribution in [2.75, 3.05) is 11.4 Å². The van der Waals surface area contributed by atoms with E-state index >= 15 is 0 Å². The van der Waals surface area contributed by atoms with Crippen LogP contribution in [0.4, 0.5) is 23.2 Å². The van der Waals surface area contributed by atoms with Crippen LogP contribution in [0.15, 0.2) is 60.8 Å². The van der Waals surface area contributed by atoms with E-state index < -0.39 is 29.6 Å². The van der Waals surface area contributed by atoms with Crippen LogP contribution in [0.3, 0.4) is 0 Å². The van der Waals surface area contributed by atoms with E-state index in [2.05, 4.69) is 4.98 Å². The first-order chi connectivity index (χ1) is 15.1. The third-order valence-corrected chi connectivity index (χ3v) is 5.30. The predicted octanol–water partition coefficient (Wildman–Crippen LogP) is 5.13. The largest absolute Gasteiger partial charge is 0.433 e. The minimum Gasteiger partial charge on any atom is -0.316 e. The molecule has 2 aromatic carbocycles. The molecule has 4 nitrogen and oxygen atoms in total. The number of aryl methyl sites for hydroxylation is 2. The van der Waals surface area contributed by atoms with E-state index in [0.29, 0.717) is 16.8 Å². The first-order valence-electron chi connectivity index (χ1n) is 9.98. The Morgan fingerprint density at radius 2 is 1.72 bits per heavy atom. The zero-order valence-corrected chi connectivity index (χ0v) is 17.7. The summed E-state index contributed by atoms with van der Waals surface area (Å²) in [7, 11) is 0. The van der Waals surface area contributed by atoms with E-state index in [1.807, 2.05) is 26.0 Å². The van der Waals surface area contributed by atoms with Crippen molar-refractivity contribution < 1.29 is 22.4 Å². The molecule has 0 spiro atoms. The van der Waals surface area contributed by atoms with E-state index in [0.717, 1.165) is 23.4 Å². The van der Waals surface area contributed by atoms with Crippen LogP contribution in [0.1, 0.15) is 34.0 Å². The Morgan fingerprint density at radius 3 is 2.28 bits per heavy atom. The third kappa shape index (κ3) is 5.50. The number of nitrogens with zero attached hydrogens (tertiary/aromatic N) is 2. The van der Waals surface area contributed by atoms with E-state index in [9.17, 15) is 22.4 Å². The number of carbonyl (C=O) groups excluding carboxylic acids is 1. The van der Waals surface area contributed by atoms with Gasteiger partial charge in [-0.3, -0.25) is 9.78 Å². The Hall–Kier alpha value is -3.26. The normalized spacial score (nSPS) is 12.5. The number of pyridine rings is 1. The van der Waals surface area contributed by atoms with Gasteiger partial charge < -0.3 is 10.6 Å². The lowest BCUT2D eigenvalue weighted by Gasteiger charge is -2.27. The maximum absolute atomic E-state index is 13.3. The van der Waals surface area contributed by atoms with Gasteiger partial charge in [0.05, 0.1) is 0 Å². The summed E-state index contributed by atoms with van der Waals surface area (Å²) in [6.45, 7) is 4.05. The monoisotopic (exact) mass is 445 g/mol. The van der Waals surface area contributed by atoms with Gasteiger partial charge in [0.2, 0.25) is 5.91 Å². The van der Waals surface area contributed by atoms with Crippen LogP contribution in [0.2, 0.25) is 0 Å². The van der Waals surface area contributed by atoms with Gasteiger partial charge in [-0.1, -0.05) is 24.3 Å². The van der Waals surface area contributed by atoms with Crippen LogP contribution in [-0.4, -0.2) is 17.4 Å². The molecule has 1 aromatic heterocycles. The quantitative estimate of drug-likeness (QED) is 0.535. The van der Waals surface area contributed by atoms with Crippen molar-refractivity contribution in [1.82, 2.24) is 4.98 Å².